The van der Waals surface area contributed by atoms with Crippen molar-refractivity contribution < 1.29 is 4.39 Å². The van der Waals surface area contributed by atoms with Crippen LogP contribution in [-0.2, 0) is 12.0 Å². The largest absolute Gasteiger partial charge is 0.356 e. The average Bonchev–Trinajstić information content (AvgIpc) is 3.04. The van der Waals surface area contributed by atoms with Crippen molar-refractivity contribution in [2.75, 3.05) is 13.6 Å². The smallest absolute Gasteiger partial charge is 0.191 e. The summed E-state index contributed by atoms with van der Waals surface area (Å²) < 4.78 is 13.5. The number of nitrogens with zero attached hydrogens (tertiary/aromatic N) is 2. The number of aliphatic imine (C=N–C) groups is 1. The minimum absolute atomic E-state index is 0. The topological polar surface area (TPSA) is 49.3 Å². The Bertz CT molecular complexity index is 728. The van der Waals surface area contributed by atoms with Crippen LogP contribution < -0.4 is 10.6 Å². The van der Waals surface area contributed by atoms with Crippen LogP contribution >= 0.6 is 35.3 Å². The van der Waals surface area contributed by atoms with Gasteiger partial charge in [-0.05, 0) is 17.7 Å². The van der Waals surface area contributed by atoms with Gasteiger partial charge in [0.25, 0.3) is 0 Å². The van der Waals surface area contributed by atoms with E-state index in [9.17, 15) is 4.39 Å². The first-order valence-electron chi connectivity index (χ1n) is 8.46. The Morgan fingerprint density at radius 1 is 1.31 bits per heavy atom. The van der Waals surface area contributed by atoms with Crippen LogP contribution in [0.1, 0.15) is 49.9 Å². The Balaban J connectivity index is 0.00000338. The highest BCUT2D eigenvalue weighted by molar-refractivity contribution is 14.0. The van der Waals surface area contributed by atoms with E-state index in [-0.39, 0.29) is 35.2 Å². The quantitative estimate of drug-likeness (QED) is 0.352. The maximum Gasteiger partial charge on any atom is 0.191 e. The van der Waals surface area contributed by atoms with Gasteiger partial charge in [0.2, 0.25) is 0 Å². The van der Waals surface area contributed by atoms with Gasteiger partial charge in [-0.1, -0.05) is 39.8 Å². The van der Waals surface area contributed by atoms with Gasteiger partial charge in [-0.15, -0.1) is 35.3 Å². The van der Waals surface area contributed by atoms with Crippen molar-refractivity contribution in [3.63, 3.8) is 0 Å². The van der Waals surface area contributed by atoms with Gasteiger partial charge in [0, 0.05) is 30.3 Å². The van der Waals surface area contributed by atoms with Gasteiger partial charge < -0.3 is 10.6 Å². The van der Waals surface area contributed by atoms with Gasteiger partial charge >= 0.3 is 0 Å². The zero-order chi connectivity index (χ0) is 18.4. The third-order valence-electron chi connectivity index (χ3n) is 4.03. The normalized spacial score (nSPS) is 12.0. The molecule has 0 saturated carbocycles. The summed E-state index contributed by atoms with van der Waals surface area (Å²) in [5.74, 6) is 0.949. The molecule has 0 bridgehead atoms. The monoisotopic (exact) mass is 490 g/mol. The SMILES string of the molecule is CN=C(NCc1csc(C(C)C)n1)NCC(C)(C)c1cccc(F)c1.I. The fraction of sp³-hybridized carbons (Fsp3) is 0.474. The fourth-order valence-corrected chi connectivity index (χ4v) is 3.22. The van der Waals surface area contributed by atoms with E-state index in [1.165, 1.54) is 6.07 Å². The molecule has 0 amide bonds. The Labute approximate surface area is 176 Å². The molecule has 0 radical (unpaired) electrons. The van der Waals surface area contributed by atoms with E-state index in [2.05, 4.69) is 53.7 Å². The summed E-state index contributed by atoms with van der Waals surface area (Å²) in [7, 11) is 1.74. The van der Waals surface area contributed by atoms with Crippen molar-refractivity contribution in [2.45, 2.75) is 45.6 Å². The molecule has 0 aliphatic rings. The lowest BCUT2D eigenvalue weighted by atomic mass is 9.84. The van der Waals surface area contributed by atoms with Gasteiger partial charge in [0.1, 0.15) is 5.82 Å². The first kappa shape index (κ1) is 22.8. The molecule has 0 fully saturated rings. The molecule has 0 saturated heterocycles. The van der Waals surface area contributed by atoms with Crippen molar-refractivity contribution in [3.05, 3.63) is 51.7 Å². The molecule has 26 heavy (non-hydrogen) atoms. The highest BCUT2D eigenvalue weighted by atomic mass is 127. The van der Waals surface area contributed by atoms with Crippen LogP contribution in [0.3, 0.4) is 0 Å². The van der Waals surface area contributed by atoms with Crippen LogP contribution in [-0.4, -0.2) is 24.5 Å². The van der Waals surface area contributed by atoms with E-state index in [1.54, 1.807) is 30.5 Å². The Morgan fingerprint density at radius 2 is 2.04 bits per heavy atom. The summed E-state index contributed by atoms with van der Waals surface area (Å²) >= 11 is 1.69. The number of aromatic nitrogens is 1. The van der Waals surface area contributed by atoms with Crippen molar-refractivity contribution >= 4 is 41.3 Å². The lowest BCUT2D eigenvalue weighted by Gasteiger charge is -2.26. The highest BCUT2D eigenvalue weighted by Gasteiger charge is 2.21. The van der Waals surface area contributed by atoms with Gasteiger partial charge in [0.05, 0.1) is 17.2 Å². The maximum atomic E-state index is 13.5. The molecule has 0 aliphatic carbocycles. The molecule has 2 N–H and O–H groups in total. The molecule has 1 aromatic carbocycles. The predicted octanol–water partition coefficient (Wildman–Crippen LogP) is 4.67. The highest BCUT2D eigenvalue weighted by Crippen LogP contribution is 2.23. The Morgan fingerprint density at radius 3 is 2.62 bits per heavy atom. The maximum absolute atomic E-state index is 13.5. The van der Waals surface area contributed by atoms with E-state index in [0.29, 0.717) is 25.0 Å². The van der Waals surface area contributed by atoms with Crippen LogP contribution in [0.2, 0.25) is 0 Å². The molecule has 0 atom stereocenters. The summed E-state index contributed by atoms with van der Waals surface area (Å²) in [6.07, 6.45) is 0. The van der Waals surface area contributed by atoms with Crippen LogP contribution in [0.5, 0.6) is 0 Å². The van der Waals surface area contributed by atoms with E-state index in [4.69, 9.17) is 0 Å². The van der Waals surface area contributed by atoms with E-state index in [1.807, 2.05) is 6.07 Å². The summed E-state index contributed by atoms with van der Waals surface area (Å²) in [5, 5.41) is 9.82. The number of rotatable bonds is 6. The second-order valence-electron chi connectivity index (χ2n) is 7.01. The number of hydrogen-bond acceptors (Lipinski definition) is 3. The summed E-state index contributed by atoms with van der Waals surface area (Å²) in [6, 6.07) is 6.74. The van der Waals surface area contributed by atoms with Crippen LogP contribution in [0.4, 0.5) is 4.39 Å². The molecule has 7 heteroatoms. The van der Waals surface area contributed by atoms with Crippen molar-refractivity contribution in [3.8, 4) is 0 Å². The summed E-state index contributed by atoms with van der Waals surface area (Å²) in [4.78, 5) is 8.87. The van der Waals surface area contributed by atoms with Gasteiger partial charge in [-0.25, -0.2) is 9.37 Å². The number of benzene rings is 1. The number of halogens is 2. The van der Waals surface area contributed by atoms with Gasteiger partial charge in [-0.3, -0.25) is 4.99 Å². The minimum Gasteiger partial charge on any atom is -0.356 e. The molecule has 0 spiro atoms. The molecule has 0 unspecified atom stereocenters. The van der Waals surface area contributed by atoms with Crippen molar-refractivity contribution in [1.82, 2.24) is 15.6 Å². The molecule has 1 heterocycles. The molecule has 4 nitrogen and oxygen atoms in total. The molecular formula is C19H28FIN4S. The fourth-order valence-electron chi connectivity index (χ4n) is 2.38. The molecular weight excluding hydrogens is 462 g/mol. The van der Waals surface area contributed by atoms with E-state index < -0.39 is 0 Å². The predicted molar refractivity (Wildman–Crippen MR) is 119 cm³/mol. The van der Waals surface area contributed by atoms with E-state index in [0.717, 1.165) is 16.3 Å². The Hall–Kier alpha value is -1.22. The number of hydrogen-bond donors (Lipinski definition) is 2. The number of thiazole rings is 1. The number of guanidine groups is 1. The first-order chi connectivity index (χ1) is 11.8. The van der Waals surface area contributed by atoms with Crippen molar-refractivity contribution in [1.29, 1.82) is 0 Å². The first-order valence-corrected chi connectivity index (χ1v) is 9.34. The van der Waals surface area contributed by atoms with Gasteiger partial charge in [-0.2, -0.15) is 0 Å². The van der Waals surface area contributed by atoms with Crippen LogP contribution in [0, 0.1) is 5.82 Å². The van der Waals surface area contributed by atoms with E-state index >= 15 is 0 Å². The van der Waals surface area contributed by atoms with Crippen LogP contribution in [0.25, 0.3) is 0 Å². The lowest BCUT2D eigenvalue weighted by molar-refractivity contribution is 0.503. The standard InChI is InChI=1S/C19H27FN4S.HI/c1-13(2)17-24-16(11-25-17)10-22-18(21-5)23-12-19(3,4)14-7-6-8-15(20)9-14;/h6-9,11,13H,10,12H2,1-5H3,(H2,21,22,23);1H. The third-order valence-corrected chi connectivity index (χ3v) is 5.22. The molecule has 144 valence electrons. The summed E-state index contributed by atoms with van der Waals surface area (Å²) in [6.45, 7) is 9.72. The molecule has 1 aromatic heterocycles. The molecule has 2 rings (SSSR count). The molecule has 0 aliphatic heterocycles. The van der Waals surface area contributed by atoms with Crippen molar-refractivity contribution in [2.24, 2.45) is 4.99 Å². The zero-order valence-electron chi connectivity index (χ0n) is 16.0. The second kappa shape index (κ2) is 10.2. The number of nitrogens with one attached hydrogen (secondary N) is 2. The third kappa shape index (κ3) is 6.50. The van der Waals surface area contributed by atoms with Gasteiger partial charge in [0.15, 0.2) is 5.96 Å². The molecule has 2 aromatic rings. The minimum atomic E-state index is -0.217. The average molecular weight is 490 g/mol. The Kier molecular flexibility index (Phi) is 8.95. The zero-order valence-corrected chi connectivity index (χ0v) is 19.1. The summed E-state index contributed by atoms with van der Waals surface area (Å²) in [5.41, 5.74) is 1.75. The second-order valence-corrected chi connectivity index (χ2v) is 7.90. The van der Waals surface area contributed by atoms with Crippen LogP contribution in [0.15, 0.2) is 34.6 Å². The lowest BCUT2D eigenvalue weighted by Crippen LogP contribution is -2.43.